The van der Waals surface area contributed by atoms with Gasteiger partial charge in [-0.15, -0.1) is 24.0 Å². The molecule has 2 N–H and O–H groups in total. The Bertz CT molecular complexity index is 748. The largest absolute Gasteiger partial charge is 0.496 e. The van der Waals surface area contributed by atoms with Crippen LogP contribution in [0.2, 0.25) is 0 Å². The van der Waals surface area contributed by atoms with Crippen LogP contribution in [0.1, 0.15) is 30.9 Å². The third-order valence-electron chi connectivity index (χ3n) is 4.96. The number of rotatable bonds is 7. The van der Waals surface area contributed by atoms with E-state index in [1.807, 2.05) is 6.92 Å². The highest BCUT2D eigenvalue weighted by molar-refractivity contribution is 14.0. The Labute approximate surface area is 186 Å². The number of hydrogen-bond acceptors (Lipinski definition) is 4. The fraction of sp³-hybridized carbons (Fsp3) is 0.632. The summed E-state index contributed by atoms with van der Waals surface area (Å²) < 4.78 is 30.8. The minimum absolute atomic E-state index is 0. The van der Waals surface area contributed by atoms with Crippen LogP contribution in [0, 0.1) is 6.92 Å². The van der Waals surface area contributed by atoms with E-state index in [-0.39, 0.29) is 35.8 Å². The summed E-state index contributed by atoms with van der Waals surface area (Å²) in [6, 6.07) is 6.48. The first kappa shape index (κ1) is 25.0. The van der Waals surface area contributed by atoms with Crippen molar-refractivity contribution in [3.8, 4) is 5.75 Å². The van der Waals surface area contributed by atoms with Gasteiger partial charge in [0, 0.05) is 32.7 Å². The molecule has 0 aromatic heterocycles. The number of ether oxygens (including phenoxy) is 1. The molecule has 0 bridgehead atoms. The van der Waals surface area contributed by atoms with Gasteiger partial charge in [-0.2, -0.15) is 0 Å². The SMILES string of the molecule is CCS(=O)(=O)N1CCC(NC(=NC)NCCc2ccc(C)c(OC)c2)CC1.I. The monoisotopic (exact) mass is 524 g/mol. The Hall–Kier alpha value is -1.07. The predicted octanol–water partition coefficient (Wildman–Crippen LogP) is 2.14. The molecule has 1 fully saturated rings. The Kier molecular flexibility index (Phi) is 10.5. The lowest BCUT2D eigenvalue weighted by atomic mass is 10.1. The van der Waals surface area contributed by atoms with Crippen LogP contribution in [0.25, 0.3) is 0 Å². The quantitative estimate of drug-likeness (QED) is 0.325. The van der Waals surface area contributed by atoms with Crippen molar-refractivity contribution in [3.63, 3.8) is 0 Å². The Morgan fingerprint density at radius 1 is 1.32 bits per heavy atom. The van der Waals surface area contributed by atoms with Crippen LogP contribution < -0.4 is 15.4 Å². The summed E-state index contributed by atoms with van der Waals surface area (Å²) >= 11 is 0. The fourth-order valence-corrected chi connectivity index (χ4v) is 4.33. The number of nitrogens with one attached hydrogen (secondary N) is 2. The van der Waals surface area contributed by atoms with Crippen LogP contribution in [-0.2, 0) is 16.4 Å². The Balaban J connectivity index is 0.00000392. The van der Waals surface area contributed by atoms with Crippen LogP contribution in [-0.4, -0.2) is 64.3 Å². The van der Waals surface area contributed by atoms with Crippen LogP contribution >= 0.6 is 24.0 Å². The van der Waals surface area contributed by atoms with E-state index < -0.39 is 10.0 Å². The second-order valence-corrected chi connectivity index (χ2v) is 9.03. The van der Waals surface area contributed by atoms with E-state index in [2.05, 4.69) is 33.8 Å². The van der Waals surface area contributed by atoms with E-state index in [0.717, 1.165) is 43.1 Å². The zero-order chi connectivity index (χ0) is 19.9. The zero-order valence-electron chi connectivity index (χ0n) is 17.2. The van der Waals surface area contributed by atoms with Crippen molar-refractivity contribution < 1.29 is 13.2 Å². The Morgan fingerprint density at radius 2 is 2.00 bits per heavy atom. The third-order valence-corrected chi connectivity index (χ3v) is 6.84. The van der Waals surface area contributed by atoms with Gasteiger partial charge in [0.15, 0.2) is 5.96 Å². The van der Waals surface area contributed by atoms with Gasteiger partial charge in [0.05, 0.1) is 12.9 Å². The van der Waals surface area contributed by atoms with Gasteiger partial charge in [-0.25, -0.2) is 12.7 Å². The van der Waals surface area contributed by atoms with Gasteiger partial charge in [0.25, 0.3) is 0 Å². The van der Waals surface area contributed by atoms with Gasteiger partial charge >= 0.3 is 0 Å². The third kappa shape index (κ3) is 7.07. The molecule has 9 heteroatoms. The van der Waals surface area contributed by atoms with Gasteiger partial charge in [-0.05, 0) is 50.3 Å². The number of piperidine rings is 1. The number of nitrogens with zero attached hydrogens (tertiary/aromatic N) is 2. The molecule has 1 aromatic rings. The van der Waals surface area contributed by atoms with Gasteiger partial charge in [0.2, 0.25) is 10.0 Å². The number of aryl methyl sites for hydroxylation is 1. The Morgan fingerprint density at radius 3 is 2.57 bits per heavy atom. The molecule has 28 heavy (non-hydrogen) atoms. The van der Waals surface area contributed by atoms with Gasteiger partial charge in [-0.3, -0.25) is 4.99 Å². The van der Waals surface area contributed by atoms with Crippen molar-refractivity contribution in [2.24, 2.45) is 4.99 Å². The molecule has 0 aliphatic carbocycles. The maximum atomic E-state index is 11.9. The summed E-state index contributed by atoms with van der Waals surface area (Å²) in [5.41, 5.74) is 2.33. The maximum absolute atomic E-state index is 11.9. The smallest absolute Gasteiger partial charge is 0.213 e. The zero-order valence-corrected chi connectivity index (χ0v) is 20.3. The van der Waals surface area contributed by atoms with Crippen LogP contribution in [0.15, 0.2) is 23.2 Å². The molecule has 0 radical (unpaired) electrons. The molecule has 7 nitrogen and oxygen atoms in total. The molecule has 1 saturated heterocycles. The molecule has 1 aromatic carbocycles. The van der Waals surface area contributed by atoms with Crippen molar-refractivity contribution >= 4 is 40.0 Å². The number of hydrogen-bond donors (Lipinski definition) is 2. The lowest BCUT2D eigenvalue weighted by Crippen LogP contribution is -2.50. The number of methoxy groups -OCH3 is 1. The van der Waals surface area contributed by atoms with Crippen molar-refractivity contribution in [3.05, 3.63) is 29.3 Å². The summed E-state index contributed by atoms with van der Waals surface area (Å²) in [4.78, 5) is 4.28. The molecular formula is C19H33IN4O3S. The van der Waals surface area contributed by atoms with E-state index in [4.69, 9.17) is 4.74 Å². The highest BCUT2D eigenvalue weighted by Crippen LogP contribution is 2.19. The highest BCUT2D eigenvalue weighted by atomic mass is 127. The first-order valence-electron chi connectivity index (χ1n) is 9.48. The molecule has 1 heterocycles. The predicted molar refractivity (Wildman–Crippen MR) is 125 cm³/mol. The second-order valence-electron chi connectivity index (χ2n) is 6.77. The van der Waals surface area contributed by atoms with Crippen LogP contribution in [0.3, 0.4) is 0 Å². The number of halogens is 1. The molecule has 1 aliphatic heterocycles. The molecular weight excluding hydrogens is 491 g/mol. The minimum atomic E-state index is -3.08. The van der Waals surface area contributed by atoms with Crippen molar-refractivity contribution in [1.29, 1.82) is 0 Å². The van der Waals surface area contributed by atoms with Crippen molar-refractivity contribution in [2.75, 3.05) is 39.5 Å². The lowest BCUT2D eigenvalue weighted by Gasteiger charge is -2.32. The van der Waals surface area contributed by atoms with Crippen LogP contribution in [0.5, 0.6) is 5.75 Å². The van der Waals surface area contributed by atoms with Gasteiger partial charge < -0.3 is 15.4 Å². The average molecular weight is 524 g/mol. The standard InChI is InChI=1S/C19H32N4O3S.HI/c1-5-27(24,25)23-12-9-17(10-13-23)22-19(20-3)21-11-8-16-7-6-15(2)18(14-16)26-4;/h6-7,14,17H,5,8-13H2,1-4H3,(H2,20,21,22);1H. The molecule has 0 amide bonds. The maximum Gasteiger partial charge on any atom is 0.213 e. The van der Waals surface area contributed by atoms with E-state index in [9.17, 15) is 8.42 Å². The number of aliphatic imine (C=N–C) groups is 1. The van der Waals surface area contributed by atoms with Crippen LogP contribution in [0.4, 0.5) is 0 Å². The number of benzene rings is 1. The molecule has 0 spiro atoms. The molecule has 0 unspecified atom stereocenters. The molecule has 1 aliphatic rings. The highest BCUT2D eigenvalue weighted by Gasteiger charge is 2.26. The second kappa shape index (κ2) is 11.8. The summed E-state index contributed by atoms with van der Waals surface area (Å²) in [6.07, 6.45) is 2.44. The summed E-state index contributed by atoms with van der Waals surface area (Å²) in [5, 5.41) is 6.74. The summed E-state index contributed by atoms with van der Waals surface area (Å²) in [7, 11) is 0.356. The average Bonchev–Trinajstić information content (AvgIpc) is 2.68. The molecule has 0 saturated carbocycles. The van der Waals surface area contributed by atoms with Crippen molar-refractivity contribution in [2.45, 2.75) is 39.2 Å². The number of guanidine groups is 1. The fourth-order valence-electron chi connectivity index (χ4n) is 3.19. The van der Waals surface area contributed by atoms with E-state index in [1.165, 1.54) is 5.56 Å². The molecule has 0 atom stereocenters. The lowest BCUT2D eigenvalue weighted by molar-refractivity contribution is 0.306. The topological polar surface area (TPSA) is 83.0 Å². The first-order chi connectivity index (χ1) is 12.9. The first-order valence-corrected chi connectivity index (χ1v) is 11.1. The summed E-state index contributed by atoms with van der Waals surface area (Å²) in [5.74, 6) is 1.83. The van der Waals surface area contributed by atoms with E-state index in [1.54, 1.807) is 25.4 Å². The number of sulfonamides is 1. The van der Waals surface area contributed by atoms with Gasteiger partial charge in [0.1, 0.15) is 5.75 Å². The van der Waals surface area contributed by atoms with Gasteiger partial charge in [-0.1, -0.05) is 12.1 Å². The minimum Gasteiger partial charge on any atom is -0.496 e. The molecule has 160 valence electrons. The van der Waals surface area contributed by atoms with Crippen molar-refractivity contribution in [1.82, 2.24) is 14.9 Å². The van der Waals surface area contributed by atoms with E-state index >= 15 is 0 Å². The summed E-state index contributed by atoms with van der Waals surface area (Å²) in [6.45, 7) is 5.61. The molecule has 2 rings (SSSR count). The van der Waals surface area contributed by atoms with E-state index in [0.29, 0.717) is 13.1 Å². The normalized spacial score (nSPS) is 16.4.